The number of amides is 1. The van der Waals surface area contributed by atoms with Crippen LogP contribution < -0.4 is 10.5 Å². The first kappa shape index (κ1) is 29.1. The lowest BCUT2D eigenvalue weighted by atomic mass is 9.62. The van der Waals surface area contributed by atoms with Crippen molar-refractivity contribution in [2.24, 2.45) is 5.73 Å². The zero-order valence-electron chi connectivity index (χ0n) is 22.3. The molecule has 0 radical (unpaired) electrons. The number of carbonyl (C=O) groups is 2. The second kappa shape index (κ2) is 12.1. The summed E-state index contributed by atoms with van der Waals surface area (Å²) in [5.74, 6) is -1.34. The molecule has 1 saturated heterocycles. The van der Waals surface area contributed by atoms with Crippen LogP contribution in [-0.4, -0.2) is 58.4 Å². The smallest absolute Gasteiger partial charge is 0.435 e. The van der Waals surface area contributed by atoms with Crippen molar-refractivity contribution in [2.45, 2.75) is 50.1 Å². The summed E-state index contributed by atoms with van der Waals surface area (Å²) in [6.07, 6.45) is 3.18. The molecule has 0 bridgehead atoms. The van der Waals surface area contributed by atoms with E-state index in [1.807, 2.05) is 12.1 Å². The van der Waals surface area contributed by atoms with Crippen LogP contribution in [0.3, 0.4) is 0 Å². The van der Waals surface area contributed by atoms with E-state index in [0.717, 1.165) is 4.68 Å². The number of hydrogen-bond acceptors (Lipinski definition) is 5. The van der Waals surface area contributed by atoms with Crippen molar-refractivity contribution in [1.82, 2.24) is 14.7 Å². The summed E-state index contributed by atoms with van der Waals surface area (Å²) in [4.78, 5) is 24.8. The van der Waals surface area contributed by atoms with Gasteiger partial charge in [0, 0.05) is 11.6 Å². The number of ether oxygens (including phenoxy) is 1. The molecule has 2 fully saturated rings. The van der Waals surface area contributed by atoms with Crippen LogP contribution in [0, 0.1) is 0 Å². The zero-order valence-corrected chi connectivity index (χ0v) is 22.3. The predicted molar refractivity (Wildman–Crippen MR) is 143 cm³/mol. The fourth-order valence-electron chi connectivity index (χ4n) is 5.25. The molecule has 2 aliphatic rings. The number of rotatable bonds is 8. The first-order chi connectivity index (χ1) is 19.0. The summed E-state index contributed by atoms with van der Waals surface area (Å²) >= 11 is 0. The van der Waals surface area contributed by atoms with Gasteiger partial charge in [-0.3, -0.25) is 4.79 Å². The molecule has 2 heterocycles. The first-order valence-electron chi connectivity index (χ1n) is 13.2. The average molecular weight is 559 g/mol. The Bertz CT molecular complexity index is 1310. The molecule has 0 unspecified atom stereocenters. The number of aromatic carboxylic acids is 1. The lowest BCUT2D eigenvalue weighted by Gasteiger charge is -2.43. The fraction of sp³-hybridized carbons (Fsp3) is 0.414. The van der Waals surface area contributed by atoms with Crippen LogP contribution in [0.4, 0.5) is 13.2 Å². The molecule has 1 aromatic heterocycles. The molecule has 2 aromatic carbocycles. The van der Waals surface area contributed by atoms with Crippen LogP contribution in [0.15, 0.2) is 54.6 Å². The highest BCUT2D eigenvalue weighted by Crippen LogP contribution is 2.46. The quantitative estimate of drug-likeness (QED) is 0.389. The van der Waals surface area contributed by atoms with Crippen LogP contribution in [0.25, 0.3) is 5.69 Å². The number of primary amides is 1. The van der Waals surface area contributed by atoms with Gasteiger partial charge in [0.25, 0.3) is 0 Å². The molecule has 40 heavy (non-hydrogen) atoms. The number of carboxylic acid groups (broad SMARTS) is 1. The molecule has 0 spiro atoms. The Morgan fingerprint density at radius 1 is 1.02 bits per heavy atom. The van der Waals surface area contributed by atoms with Crippen LogP contribution in [-0.2, 0) is 11.6 Å². The third-order valence-corrected chi connectivity index (χ3v) is 7.73. The largest absolute Gasteiger partial charge is 0.497 e. The van der Waals surface area contributed by atoms with E-state index in [9.17, 15) is 22.8 Å². The number of hydrogen-bond donors (Lipinski definition) is 2. The Kier molecular flexibility index (Phi) is 8.82. The lowest BCUT2D eigenvalue weighted by Crippen LogP contribution is -2.38. The summed E-state index contributed by atoms with van der Waals surface area (Å²) in [5.41, 5.74) is 6.05. The van der Waals surface area contributed by atoms with E-state index in [1.165, 1.54) is 95.1 Å². The lowest BCUT2D eigenvalue weighted by molar-refractivity contribution is -0.141. The number of carboxylic acids is 1. The van der Waals surface area contributed by atoms with Gasteiger partial charge in [-0.1, -0.05) is 18.6 Å². The van der Waals surface area contributed by atoms with Gasteiger partial charge in [0.2, 0.25) is 5.91 Å². The van der Waals surface area contributed by atoms with Crippen LogP contribution in [0.1, 0.15) is 70.6 Å². The second-order valence-corrected chi connectivity index (χ2v) is 10.2. The van der Waals surface area contributed by atoms with Crippen molar-refractivity contribution in [1.29, 1.82) is 0 Å². The fourth-order valence-corrected chi connectivity index (χ4v) is 5.25. The summed E-state index contributed by atoms with van der Waals surface area (Å²) in [6.45, 7) is 3.77. The maximum absolute atomic E-state index is 12.6. The van der Waals surface area contributed by atoms with Crippen molar-refractivity contribution >= 4 is 11.9 Å². The van der Waals surface area contributed by atoms with Crippen molar-refractivity contribution in [2.75, 3.05) is 26.7 Å². The summed E-state index contributed by atoms with van der Waals surface area (Å²) < 4.78 is 43.4. The highest BCUT2D eigenvalue weighted by Gasteiger charge is 2.39. The van der Waals surface area contributed by atoms with Gasteiger partial charge in [-0.05, 0) is 99.1 Å². The Hall–Kier alpha value is -3.86. The summed E-state index contributed by atoms with van der Waals surface area (Å²) in [7, 11) is 1.44. The Balaban J connectivity index is 0.000000185. The first-order valence-corrected chi connectivity index (χ1v) is 13.2. The Morgan fingerprint density at radius 2 is 1.65 bits per heavy atom. The normalized spacial score (nSPS) is 16.5. The predicted octanol–water partition coefficient (Wildman–Crippen LogP) is 5.29. The number of nitrogens with two attached hydrogens (primary N) is 1. The van der Waals surface area contributed by atoms with Crippen LogP contribution in [0.5, 0.6) is 5.75 Å². The Morgan fingerprint density at radius 3 is 2.12 bits per heavy atom. The molecule has 0 atom stereocenters. The van der Waals surface area contributed by atoms with Gasteiger partial charge in [-0.25, -0.2) is 9.48 Å². The van der Waals surface area contributed by atoms with E-state index in [-0.39, 0.29) is 11.6 Å². The molecule has 8 nitrogen and oxygen atoms in total. The maximum atomic E-state index is 12.6. The number of aromatic nitrogens is 2. The maximum Gasteiger partial charge on any atom is 0.435 e. The minimum Gasteiger partial charge on any atom is -0.497 e. The topological polar surface area (TPSA) is 111 Å². The second-order valence-electron chi connectivity index (χ2n) is 10.2. The van der Waals surface area contributed by atoms with Gasteiger partial charge in [-0.15, -0.1) is 0 Å². The molecule has 3 N–H and O–H groups in total. The van der Waals surface area contributed by atoms with Crippen molar-refractivity contribution in [3.8, 4) is 11.4 Å². The molecule has 3 aromatic rings. The van der Waals surface area contributed by atoms with Gasteiger partial charge in [-0.2, -0.15) is 18.3 Å². The van der Waals surface area contributed by atoms with Gasteiger partial charge in [0.1, 0.15) is 5.75 Å². The molecule has 1 saturated carbocycles. The van der Waals surface area contributed by atoms with Crippen molar-refractivity contribution in [3.05, 3.63) is 77.1 Å². The van der Waals surface area contributed by atoms with Crippen molar-refractivity contribution in [3.63, 3.8) is 0 Å². The number of nitrogens with zero attached hydrogens (tertiary/aromatic N) is 3. The molecule has 1 aliphatic carbocycles. The van der Waals surface area contributed by atoms with E-state index >= 15 is 0 Å². The number of carbonyl (C=O) groups excluding carboxylic acids is 1. The molecule has 11 heteroatoms. The van der Waals surface area contributed by atoms with E-state index in [2.05, 4.69) is 22.1 Å². The standard InChI is InChI=1S/C17H24N2O.C12H9F3N2O3/c18-16(20)14-4-6-15(7-5-14)17(8-3-9-17)10-13-19-11-1-2-12-19;1-20-8-4-2-7(3-5-8)17-9(11(18)19)6-10(16-17)12(13,14)15/h4-7H,1-3,8-13H2,(H2,18,20);2-6H,1H3,(H,18,19). The third-order valence-electron chi connectivity index (χ3n) is 7.73. The molecular formula is C29H33F3N4O4. The van der Waals surface area contributed by atoms with E-state index < -0.39 is 23.5 Å². The molecular weight excluding hydrogens is 525 g/mol. The third kappa shape index (κ3) is 6.64. The van der Waals surface area contributed by atoms with Gasteiger partial charge >= 0.3 is 12.1 Å². The zero-order chi connectivity index (χ0) is 28.9. The van der Waals surface area contributed by atoms with Gasteiger partial charge in [0.15, 0.2) is 11.4 Å². The minimum atomic E-state index is -4.71. The number of benzene rings is 2. The monoisotopic (exact) mass is 558 g/mol. The molecule has 1 aliphatic heterocycles. The number of alkyl halides is 3. The number of likely N-dealkylation sites (tertiary alicyclic amines) is 1. The van der Waals surface area contributed by atoms with Crippen LogP contribution >= 0.6 is 0 Å². The SMILES string of the molecule is COc1ccc(-n2nc(C(F)(F)F)cc2C(=O)O)cc1.NC(=O)c1ccc(C2(CCN3CCCC3)CCC2)cc1. The molecule has 5 rings (SSSR count). The van der Waals surface area contributed by atoms with Crippen molar-refractivity contribution < 1.29 is 32.6 Å². The van der Waals surface area contributed by atoms with E-state index in [4.69, 9.17) is 15.6 Å². The summed E-state index contributed by atoms with van der Waals surface area (Å²) in [6, 6.07) is 14.3. The minimum absolute atomic E-state index is 0.193. The Labute approximate surface area is 230 Å². The number of halogens is 3. The van der Waals surface area contributed by atoms with Gasteiger partial charge < -0.3 is 20.5 Å². The highest BCUT2D eigenvalue weighted by molar-refractivity contribution is 5.92. The summed E-state index contributed by atoms with van der Waals surface area (Å²) in [5, 5.41) is 12.3. The van der Waals surface area contributed by atoms with E-state index in [1.54, 1.807) is 0 Å². The molecule has 214 valence electrons. The number of methoxy groups -OCH3 is 1. The highest BCUT2D eigenvalue weighted by atomic mass is 19.4. The molecule has 1 amide bonds. The van der Waals surface area contributed by atoms with E-state index in [0.29, 0.717) is 22.8 Å². The van der Waals surface area contributed by atoms with Gasteiger partial charge in [0.05, 0.1) is 12.8 Å². The average Bonchev–Trinajstić information content (AvgIpc) is 3.59. The van der Waals surface area contributed by atoms with Crippen LogP contribution in [0.2, 0.25) is 0 Å².